The fraction of sp³-hybridized carbons (Fsp3) is 1.00. The number of hydrogen-bond donors (Lipinski definition) is 1. The Morgan fingerprint density at radius 3 is 2.00 bits per heavy atom. The van der Waals surface area contributed by atoms with E-state index in [1.54, 1.807) is 0 Å². The normalized spacial score (nSPS) is 38.8. The second kappa shape index (κ2) is 2.73. The lowest BCUT2D eigenvalue weighted by Crippen LogP contribution is -2.16. The molecular formula is C11H23N. The molecule has 0 aromatic heterocycles. The second-order valence-electron chi connectivity index (χ2n) is 5.27. The van der Waals surface area contributed by atoms with Gasteiger partial charge in [0.1, 0.15) is 0 Å². The minimum Gasteiger partial charge on any atom is -0.319 e. The van der Waals surface area contributed by atoms with Crippen molar-refractivity contribution in [1.29, 1.82) is 0 Å². The van der Waals surface area contributed by atoms with Gasteiger partial charge in [-0.15, -0.1) is 0 Å². The fourth-order valence-corrected chi connectivity index (χ4v) is 2.96. The van der Waals surface area contributed by atoms with Gasteiger partial charge in [-0.25, -0.2) is 0 Å². The summed E-state index contributed by atoms with van der Waals surface area (Å²) < 4.78 is 0. The lowest BCUT2D eigenvalue weighted by molar-refractivity contribution is 0.302. The molecule has 2 unspecified atom stereocenters. The van der Waals surface area contributed by atoms with Crippen LogP contribution in [-0.4, -0.2) is 13.6 Å². The zero-order valence-corrected chi connectivity index (χ0v) is 9.36. The summed E-state index contributed by atoms with van der Waals surface area (Å²) in [5.74, 6) is 1.65. The fourth-order valence-electron chi connectivity index (χ4n) is 2.96. The van der Waals surface area contributed by atoms with Gasteiger partial charge in [-0.1, -0.05) is 34.6 Å². The largest absolute Gasteiger partial charge is 0.319 e. The van der Waals surface area contributed by atoms with Crippen LogP contribution in [0.3, 0.4) is 0 Å². The first-order valence-electron chi connectivity index (χ1n) is 5.03. The highest BCUT2D eigenvalue weighted by Gasteiger charge is 2.67. The SMILES string of the molecule is CNCC1C(C)(C)C1(C)C(C)C. The van der Waals surface area contributed by atoms with Gasteiger partial charge in [0.2, 0.25) is 0 Å². The molecule has 72 valence electrons. The van der Waals surface area contributed by atoms with Crippen LogP contribution in [0, 0.1) is 22.7 Å². The molecule has 0 aliphatic heterocycles. The highest BCUT2D eigenvalue weighted by Crippen LogP contribution is 2.71. The molecule has 0 spiro atoms. The Morgan fingerprint density at radius 1 is 1.25 bits per heavy atom. The molecule has 1 N–H and O–H groups in total. The lowest BCUT2D eigenvalue weighted by atomic mass is 9.86. The summed E-state index contributed by atoms with van der Waals surface area (Å²) >= 11 is 0. The molecule has 1 aliphatic rings. The standard InChI is InChI=1S/C11H23N/c1-8(2)11(5)9(7-12-6)10(11,3)4/h8-9,12H,7H2,1-6H3. The van der Waals surface area contributed by atoms with Gasteiger partial charge in [0.25, 0.3) is 0 Å². The van der Waals surface area contributed by atoms with Crippen LogP contribution in [0.25, 0.3) is 0 Å². The topological polar surface area (TPSA) is 12.0 Å². The number of rotatable bonds is 3. The van der Waals surface area contributed by atoms with E-state index in [1.165, 1.54) is 6.54 Å². The summed E-state index contributed by atoms with van der Waals surface area (Å²) in [6, 6.07) is 0. The minimum absolute atomic E-state index is 0.532. The maximum atomic E-state index is 3.30. The molecule has 1 fully saturated rings. The van der Waals surface area contributed by atoms with E-state index in [0.29, 0.717) is 10.8 Å². The van der Waals surface area contributed by atoms with Crippen LogP contribution < -0.4 is 5.32 Å². The Morgan fingerprint density at radius 2 is 1.75 bits per heavy atom. The first-order valence-corrected chi connectivity index (χ1v) is 5.03. The van der Waals surface area contributed by atoms with Crippen molar-refractivity contribution in [2.75, 3.05) is 13.6 Å². The van der Waals surface area contributed by atoms with Crippen LogP contribution in [-0.2, 0) is 0 Å². The van der Waals surface area contributed by atoms with Crippen molar-refractivity contribution < 1.29 is 0 Å². The Labute approximate surface area is 76.9 Å². The van der Waals surface area contributed by atoms with Gasteiger partial charge >= 0.3 is 0 Å². The number of nitrogens with one attached hydrogen (secondary N) is 1. The predicted molar refractivity (Wildman–Crippen MR) is 54.1 cm³/mol. The average molecular weight is 169 g/mol. The van der Waals surface area contributed by atoms with Crippen molar-refractivity contribution in [1.82, 2.24) is 5.32 Å². The van der Waals surface area contributed by atoms with E-state index in [0.717, 1.165) is 11.8 Å². The van der Waals surface area contributed by atoms with Crippen LogP contribution in [0.15, 0.2) is 0 Å². The maximum Gasteiger partial charge on any atom is -0.00127 e. The summed E-state index contributed by atoms with van der Waals surface area (Å²) in [7, 11) is 2.05. The summed E-state index contributed by atoms with van der Waals surface area (Å²) in [5, 5.41) is 3.30. The van der Waals surface area contributed by atoms with Crippen LogP contribution in [0.2, 0.25) is 0 Å². The molecular weight excluding hydrogens is 146 g/mol. The van der Waals surface area contributed by atoms with E-state index in [9.17, 15) is 0 Å². The molecule has 1 rings (SSSR count). The zero-order valence-electron chi connectivity index (χ0n) is 9.36. The molecule has 1 saturated carbocycles. The molecule has 0 heterocycles. The molecule has 0 bridgehead atoms. The van der Waals surface area contributed by atoms with Gasteiger partial charge in [0.15, 0.2) is 0 Å². The molecule has 1 heteroatoms. The first-order chi connectivity index (χ1) is 5.39. The summed E-state index contributed by atoms with van der Waals surface area (Å²) in [4.78, 5) is 0. The quantitative estimate of drug-likeness (QED) is 0.684. The Bertz CT molecular complexity index is 172. The Balaban J connectivity index is 2.70. The van der Waals surface area contributed by atoms with Crippen LogP contribution >= 0.6 is 0 Å². The molecule has 2 atom stereocenters. The van der Waals surface area contributed by atoms with Crippen molar-refractivity contribution in [2.24, 2.45) is 22.7 Å². The Hall–Kier alpha value is -0.0400. The third kappa shape index (κ3) is 1.02. The third-order valence-electron chi connectivity index (χ3n) is 4.51. The Kier molecular flexibility index (Phi) is 2.28. The maximum absolute atomic E-state index is 3.30. The second-order valence-corrected chi connectivity index (χ2v) is 5.27. The predicted octanol–water partition coefficient (Wildman–Crippen LogP) is 2.52. The van der Waals surface area contributed by atoms with E-state index in [4.69, 9.17) is 0 Å². The van der Waals surface area contributed by atoms with Crippen LogP contribution in [0.4, 0.5) is 0 Å². The van der Waals surface area contributed by atoms with E-state index < -0.39 is 0 Å². The van der Waals surface area contributed by atoms with Gasteiger partial charge in [-0.3, -0.25) is 0 Å². The highest BCUT2D eigenvalue weighted by atomic mass is 14.9. The highest BCUT2D eigenvalue weighted by molar-refractivity contribution is 5.16. The molecule has 1 nitrogen and oxygen atoms in total. The van der Waals surface area contributed by atoms with Crippen molar-refractivity contribution in [3.8, 4) is 0 Å². The monoisotopic (exact) mass is 169 g/mol. The first kappa shape index (κ1) is 10.0. The molecule has 12 heavy (non-hydrogen) atoms. The summed E-state index contributed by atoms with van der Waals surface area (Å²) in [6.07, 6.45) is 0. The van der Waals surface area contributed by atoms with Crippen molar-refractivity contribution >= 4 is 0 Å². The van der Waals surface area contributed by atoms with Gasteiger partial charge in [0.05, 0.1) is 0 Å². The minimum atomic E-state index is 0.532. The molecule has 0 saturated heterocycles. The summed E-state index contributed by atoms with van der Waals surface area (Å²) in [6.45, 7) is 13.1. The van der Waals surface area contributed by atoms with Gasteiger partial charge in [0, 0.05) is 0 Å². The smallest absolute Gasteiger partial charge is 0.00127 e. The van der Waals surface area contributed by atoms with E-state index in [2.05, 4.69) is 47.0 Å². The van der Waals surface area contributed by atoms with Crippen molar-refractivity contribution in [2.45, 2.75) is 34.6 Å². The van der Waals surface area contributed by atoms with Crippen LogP contribution in [0.5, 0.6) is 0 Å². The average Bonchev–Trinajstić information content (AvgIpc) is 2.36. The van der Waals surface area contributed by atoms with Crippen molar-refractivity contribution in [3.05, 3.63) is 0 Å². The van der Waals surface area contributed by atoms with Crippen LogP contribution in [0.1, 0.15) is 34.6 Å². The summed E-state index contributed by atoms with van der Waals surface area (Å²) in [5.41, 5.74) is 1.08. The van der Waals surface area contributed by atoms with E-state index >= 15 is 0 Å². The van der Waals surface area contributed by atoms with Gasteiger partial charge < -0.3 is 5.32 Å². The van der Waals surface area contributed by atoms with E-state index in [-0.39, 0.29) is 0 Å². The lowest BCUT2D eigenvalue weighted by Gasteiger charge is -2.19. The van der Waals surface area contributed by atoms with Crippen molar-refractivity contribution in [3.63, 3.8) is 0 Å². The third-order valence-corrected chi connectivity index (χ3v) is 4.51. The number of hydrogen-bond acceptors (Lipinski definition) is 1. The molecule has 0 radical (unpaired) electrons. The molecule has 1 aliphatic carbocycles. The van der Waals surface area contributed by atoms with E-state index in [1.807, 2.05) is 0 Å². The van der Waals surface area contributed by atoms with Gasteiger partial charge in [-0.05, 0) is 36.3 Å². The molecule has 0 amide bonds. The van der Waals surface area contributed by atoms with Gasteiger partial charge in [-0.2, -0.15) is 0 Å². The molecule has 0 aromatic rings. The zero-order chi connectivity index (χ0) is 9.57. The molecule has 0 aromatic carbocycles.